The predicted octanol–water partition coefficient (Wildman–Crippen LogP) is 3.73. The average molecular weight is 277 g/mol. The highest BCUT2D eigenvalue weighted by molar-refractivity contribution is 5.93. The quantitative estimate of drug-likeness (QED) is 0.766. The summed E-state index contributed by atoms with van der Waals surface area (Å²) in [6, 6.07) is 20.4. The molecule has 0 fully saturated rings. The van der Waals surface area contributed by atoms with Crippen molar-refractivity contribution in [3.05, 3.63) is 72.3 Å². The molecule has 0 aliphatic rings. The first-order chi connectivity index (χ1) is 10.2. The topological polar surface area (TPSA) is 49.3 Å². The molecule has 2 N–H and O–H groups in total. The molecule has 0 unspecified atom stereocenters. The van der Waals surface area contributed by atoms with Crippen molar-refractivity contribution in [1.29, 1.82) is 0 Å². The molecule has 3 aromatic rings. The first kappa shape index (κ1) is 13.2. The molecular weight excluding hydrogens is 262 g/mol. The number of amides is 1. The molecule has 0 radical (unpaired) electrons. The van der Waals surface area contributed by atoms with Gasteiger partial charge in [-0.2, -0.15) is 0 Å². The Bertz CT molecular complexity index is 782. The third kappa shape index (κ3) is 3.20. The summed E-state index contributed by atoms with van der Waals surface area (Å²) in [4.78, 5) is 12.0. The van der Waals surface area contributed by atoms with E-state index in [1.54, 1.807) is 12.1 Å². The van der Waals surface area contributed by atoms with E-state index in [9.17, 15) is 9.90 Å². The van der Waals surface area contributed by atoms with Crippen molar-refractivity contribution in [3.63, 3.8) is 0 Å². The Balaban J connectivity index is 1.75. The van der Waals surface area contributed by atoms with Gasteiger partial charge in [0, 0.05) is 5.69 Å². The van der Waals surface area contributed by atoms with Crippen LogP contribution in [-0.2, 0) is 11.2 Å². The van der Waals surface area contributed by atoms with Crippen molar-refractivity contribution < 1.29 is 9.90 Å². The highest BCUT2D eigenvalue weighted by atomic mass is 16.3. The maximum absolute atomic E-state index is 12.0. The van der Waals surface area contributed by atoms with Gasteiger partial charge >= 0.3 is 0 Å². The SMILES string of the molecule is O=C(Cc1ccc2cc(O)ccc2c1)Nc1ccccc1. The second-order valence-electron chi connectivity index (χ2n) is 4.96. The van der Waals surface area contributed by atoms with Crippen molar-refractivity contribution in [1.82, 2.24) is 0 Å². The lowest BCUT2D eigenvalue weighted by atomic mass is 10.0. The molecule has 0 saturated heterocycles. The number of benzene rings is 3. The number of hydrogen-bond donors (Lipinski definition) is 2. The number of rotatable bonds is 3. The second kappa shape index (κ2) is 5.67. The van der Waals surface area contributed by atoms with Crippen molar-refractivity contribution in [3.8, 4) is 5.75 Å². The summed E-state index contributed by atoms with van der Waals surface area (Å²) in [6.45, 7) is 0. The standard InChI is InChI=1S/C18H15NO2/c20-17-9-8-14-10-13(6-7-15(14)12-17)11-18(21)19-16-4-2-1-3-5-16/h1-10,12,20H,11H2,(H,19,21). The van der Waals surface area contributed by atoms with Gasteiger partial charge in [-0.3, -0.25) is 4.79 Å². The number of nitrogens with one attached hydrogen (secondary N) is 1. The van der Waals surface area contributed by atoms with Gasteiger partial charge in [-0.25, -0.2) is 0 Å². The van der Waals surface area contributed by atoms with Crippen molar-refractivity contribution in [2.45, 2.75) is 6.42 Å². The second-order valence-corrected chi connectivity index (χ2v) is 4.96. The van der Waals surface area contributed by atoms with Gasteiger partial charge in [0.15, 0.2) is 0 Å². The molecule has 0 saturated carbocycles. The highest BCUT2D eigenvalue weighted by Gasteiger charge is 2.05. The Morgan fingerprint density at radius 3 is 2.43 bits per heavy atom. The van der Waals surface area contributed by atoms with Crippen LogP contribution in [0.2, 0.25) is 0 Å². The summed E-state index contributed by atoms with van der Waals surface area (Å²) in [6.07, 6.45) is 0.325. The van der Waals surface area contributed by atoms with Gasteiger partial charge in [-0.15, -0.1) is 0 Å². The monoisotopic (exact) mass is 277 g/mol. The van der Waals surface area contributed by atoms with Crippen LogP contribution < -0.4 is 5.32 Å². The van der Waals surface area contributed by atoms with Gasteiger partial charge in [-0.1, -0.05) is 42.5 Å². The molecule has 0 bridgehead atoms. The first-order valence-corrected chi connectivity index (χ1v) is 6.77. The van der Waals surface area contributed by atoms with Crippen LogP contribution in [0.5, 0.6) is 5.75 Å². The van der Waals surface area contributed by atoms with Crippen LogP contribution in [-0.4, -0.2) is 11.0 Å². The normalized spacial score (nSPS) is 10.5. The summed E-state index contributed by atoms with van der Waals surface area (Å²) < 4.78 is 0. The minimum absolute atomic E-state index is 0.0423. The summed E-state index contributed by atoms with van der Waals surface area (Å²) in [5.74, 6) is 0.205. The van der Waals surface area contributed by atoms with E-state index in [1.807, 2.05) is 54.6 Å². The van der Waals surface area contributed by atoms with Crippen LogP contribution in [0.4, 0.5) is 5.69 Å². The zero-order valence-corrected chi connectivity index (χ0v) is 11.4. The Kier molecular flexibility index (Phi) is 3.56. The number of carbonyl (C=O) groups is 1. The van der Waals surface area contributed by atoms with E-state index >= 15 is 0 Å². The number of carbonyl (C=O) groups excluding carboxylic acids is 1. The molecule has 0 heterocycles. The number of phenols is 1. The number of phenolic OH excluding ortho intramolecular Hbond substituents is 1. The maximum Gasteiger partial charge on any atom is 0.228 e. The number of aromatic hydroxyl groups is 1. The zero-order chi connectivity index (χ0) is 14.7. The lowest BCUT2D eigenvalue weighted by Crippen LogP contribution is -2.14. The molecule has 0 atom stereocenters. The highest BCUT2D eigenvalue weighted by Crippen LogP contribution is 2.21. The molecule has 104 valence electrons. The predicted molar refractivity (Wildman–Crippen MR) is 84.4 cm³/mol. The zero-order valence-electron chi connectivity index (χ0n) is 11.4. The van der Waals surface area contributed by atoms with E-state index in [0.717, 1.165) is 22.0 Å². The van der Waals surface area contributed by atoms with Crippen molar-refractivity contribution >= 4 is 22.4 Å². The molecule has 3 heteroatoms. The fraction of sp³-hybridized carbons (Fsp3) is 0.0556. The largest absolute Gasteiger partial charge is 0.508 e. The van der Waals surface area contributed by atoms with Crippen LogP contribution in [0.3, 0.4) is 0 Å². The summed E-state index contributed by atoms with van der Waals surface area (Å²) in [7, 11) is 0. The minimum atomic E-state index is -0.0423. The Hall–Kier alpha value is -2.81. The molecular formula is C18H15NO2. The number of fused-ring (bicyclic) bond motifs is 1. The first-order valence-electron chi connectivity index (χ1n) is 6.77. The average Bonchev–Trinajstić information content (AvgIpc) is 2.48. The van der Waals surface area contributed by atoms with Crippen LogP contribution in [0.25, 0.3) is 10.8 Å². The lowest BCUT2D eigenvalue weighted by molar-refractivity contribution is -0.115. The smallest absolute Gasteiger partial charge is 0.228 e. The number of hydrogen-bond acceptors (Lipinski definition) is 2. The Morgan fingerprint density at radius 1 is 0.905 bits per heavy atom. The molecule has 21 heavy (non-hydrogen) atoms. The molecule has 3 nitrogen and oxygen atoms in total. The molecule has 1 amide bonds. The van der Waals surface area contributed by atoms with Gasteiger partial charge in [0.25, 0.3) is 0 Å². The summed E-state index contributed by atoms with van der Waals surface area (Å²) in [5, 5.41) is 14.3. The fourth-order valence-electron chi connectivity index (χ4n) is 2.30. The third-order valence-corrected chi connectivity index (χ3v) is 3.31. The number of para-hydroxylation sites is 1. The Labute approximate surface area is 122 Å². The van der Waals surface area contributed by atoms with Gasteiger partial charge in [0.1, 0.15) is 5.75 Å². The van der Waals surface area contributed by atoms with Gasteiger partial charge in [-0.05, 0) is 40.6 Å². The summed E-state index contributed by atoms with van der Waals surface area (Å²) >= 11 is 0. The van der Waals surface area contributed by atoms with Gasteiger partial charge in [0.05, 0.1) is 6.42 Å². The summed E-state index contributed by atoms with van der Waals surface area (Å²) in [5.41, 5.74) is 1.75. The van der Waals surface area contributed by atoms with Gasteiger partial charge in [0.2, 0.25) is 5.91 Å². The number of anilines is 1. The van der Waals surface area contributed by atoms with Crippen LogP contribution >= 0.6 is 0 Å². The molecule has 0 spiro atoms. The van der Waals surface area contributed by atoms with E-state index in [2.05, 4.69) is 5.32 Å². The molecule has 0 aliphatic carbocycles. The third-order valence-electron chi connectivity index (χ3n) is 3.31. The maximum atomic E-state index is 12.0. The van der Waals surface area contributed by atoms with E-state index in [4.69, 9.17) is 0 Å². The van der Waals surface area contributed by atoms with E-state index in [1.165, 1.54) is 0 Å². The lowest BCUT2D eigenvalue weighted by Gasteiger charge is -2.06. The van der Waals surface area contributed by atoms with Crippen LogP contribution in [0.1, 0.15) is 5.56 Å². The van der Waals surface area contributed by atoms with Crippen LogP contribution in [0.15, 0.2) is 66.7 Å². The van der Waals surface area contributed by atoms with Crippen molar-refractivity contribution in [2.24, 2.45) is 0 Å². The van der Waals surface area contributed by atoms with Crippen molar-refractivity contribution in [2.75, 3.05) is 5.32 Å². The molecule has 3 aromatic carbocycles. The van der Waals surface area contributed by atoms with E-state index in [0.29, 0.717) is 6.42 Å². The minimum Gasteiger partial charge on any atom is -0.508 e. The molecule has 3 rings (SSSR count). The van der Waals surface area contributed by atoms with E-state index < -0.39 is 0 Å². The molecule has 0 aromatic heterocycles. The fourth-order valence-corrected chi connectivity index (χ4v) is 2.30. The molecule has 0 aliphatic heterocycles. The Morgan fingerprint density at radius 2 is 1.62 bits per heavy atom. The van der Waals surface area contributed by atoms with Crippen LogP contribution in [0, 0.1) is 0 Å². The van der Waals surface area contributed by atoms with Gasteiger partial charge < -0.3 is 10.4 Å². The van der Waals surface area contributed by atoms with E-state index in [-0.39, 0.29) is 11.7 Å².